The Bertz CT molecular complexity index is 803. The summed E-state index contributed by atoms with van der Waals surface area (Å²) in [5, 5.41) is 3.74. The lowest BCUT2D eigenvalue weighted by Gasteiger charge is -2.15. The maximum atomic E-state index is 4.86. The number of imidazole rings is 1. The quantitative estimate of drug-likeness (QED) is 0.706. The number of aromatic nitrogens is 2. The number of hydrogen-bond donors (Lipinski definition) is 1. The predicted molar refractivity (Wildman–Crippen MR) is 94.2 cm³/mol. The third-order valence-electron chi connectivity index (χ3n) is 4.35. The molecular weight excluding hydrogens is 338 g/mol. The Kier molecular flexibility index (Phi) is 3.62. The van der Waals surface area contributed by atoms with Gasteiger partial charge in [-0.25, -0.2) is 4.98 Å². The Morgan fingerprint density at radius 2 is 1.82 bits per heavy atom. The van der Waals surface area contributed by atoms with E-state index in [2.05, 4.69) is 62.2 Å². The number of halogens is 1. The van der Waals surface area contributed by atoms with Gasteiger partial charge in [0.25, 0.3) is 0 Å². The Labute approximate surface area is 138 Å². The number of benzene rings is 1. The number of rotatable bonds is 3. The molecule has 0 spiro atoms. The van der Waals surface area contributed by atoms with Crippen molar-refractivity contribution in [3.63, 3.8) is 0 Å². The molecule has 0 atom stereocenters. The maximum Gasteiger partial charge on any atom is 0.139 e. The largest absolute Gasteiger partial charge is 0.367 e. The minimum Gasteiger partial charge on any atom is -0.367 e. The Hall–Kier alpha value is -1.81. The van der Waals surface area contributed by atoms with Gasteiger partial charge in [0.05, 0.1) is 0 Å². The molecule has 1 aliphatic carbocycles. The fourth-order valence-corrected chi connectivity index (χ4v) is 3.71. The summed E-state index contributed by atoms with van der Waals surface area (Å²) in [6.45, 7) is 0. The first-order valence-corrected chi connectivity index (χ1v) is 8.61. The van der Waals surface area contributed by atoms with E-state index in [-0.39, 0.29) is 0 Å². The molecule has 22 heavy (non-hydrogen) atoms. The van der Waals surface area contributed by atoms with Crippen LogP contribution in [0.15, 0.2) is 53.1 Å². The summed E-state index contributed by atoms with van der Waals surface area (Å²) in [6.07, 6.45) is 7.21. The van der Waals surface area contributed by atoms with Crippen LogP contribution in [0.3, 0.4) is 0 Å². The first-order chi connectivity index (χ1) is 10.8. The number of anilines is 1. The average Bonchev–Trinajstić information content (AvgIpc) is 3.17. The summed E-state index contributed by atoms with van der Waals surface area (Å²) in [6, 6.07) is 15.0. The van der Waals surface area contributed by atoms with Crippen LogP contribution in [-0.4, -0.2) is 15.4 Å². The molecule has 1 N–H and O–H groups in total. The summed E-state index contributed by atoms with van der Waals surface area (Å²) in [7, 11) is 0. The SMILES string of the molecule is Brc1ccccc1-c1nc2ccccn2c1NC1CCCC1. The third kappa shape index (κ3) is 2.41. The highest BCUT2D eigenvalue weighted by Gasteiger charge is 2.21. The van der Waals surface area contributed by atoms with Crippen molar-refractivity contribution in [1.29, 1.82) is 0 Å². The van der Waals surface area contributed by atoms with E-state index in [1.165, 1.54) is 25.7 Å². The topological polar surface area (TPSA) is 29.3 Å². The van der Waals surface area contributed by atoms with E-state index in [9.17, 15) is 0 Å². The van der Waals surface area contributed by atoms with Crippen LogP contribution in [-0.2, 0) is 0 Å². The number of fused-ring (bicyclic) bond motifs is 1. The highest BCUT2D eigenvalue weighted by atomic mass is 79.9. The van der Waals surface area contributed by atoms with Gasteiger partial charge in [-0.05, 0) is 31.0 Å². The molecule has 1 saturated carbocycles. The lowest BCUT2D eigenvalue weighted by atomic mass is 10.1. The molecule has 0 bridgehead atoms. The van der Waals surface area contributed by atoms with Gasteiger partial charge in [-0.15, -0.1) is 0 Å². The number of pyridine rings is 1. The van der Waals surface area contributed by atoms with E-state index in [0.29, 0.717) is 6.04 Å². The zero-order chi connectivity index (χ0) is 14.9. The standard InChI is InChI=1S/C18H18BrN3/c19-15-10-4-3-9-14(15)17-18(20-13-7-1-2-8-13)22-12-6-5-11-16(22)21-17/h3-6,9-13,20H,1-2,7-8H2. The van der Waals surface area contributed by atoms with Crippen molar-refractivity contribution < 1.29 is 0 Å². The molecule has 4 heteroatoms. The molecule has 0 radical (unpaired) electrons. The highest BCUT2D eigenvalue weighted by molar-refractivity contribution is 9.10. The molecule has 0 amide bonds. The molecule has 0 saturated heterocycles. The van der Waals surface area contributed by atoms with Crippen molar-refractivity contribution in [2.75, 3.05) is 5.32 Å². The molecule has 0 unspecified atom stereocenters. The molecule has 1 aliphatic rings. The van der Waals surface area contributed by atoms with Gasteiger partial charge in [-0.2, -0.15) is 0 Å². The maximum absolute atomic E-state index is 4.86. The molecule has 3 nitrogen and oxygen atoms in total. The van der Waals surface area contributed by atoms with E-state index < -0.39 is 0 Å². The van der Waals surface area contributed by atoms with E-state index in [0.717, 1.165) is 27.2 Å². The predicted octanol–water partition coefficient (Wildman–Crippen LogP) is 5.12. The lowest BCUT2D eigenvalue weighted by molar-refractivity contribution is 0.749. The fourth-order valence-electron chi connectivity index (χ4n) is 3.24. The molecule has 0 aliphatic heterocycles. The summed E-state index contributed by atoms with van der Waals surface area (Å²) in [5.41, 5.74) is 3.13. The van der Waals surface area contributed by atoms with E-state index in [1.807, 2.05) is 12.1 Å². The van der Waals surface area contributed by atoms with Gasteiger partial charge in [0, 0.05) is 22.3 Å². The van der Waals surface area contributed by atoms with Crippen molar-refractivity contribution in [1.82, 2.24) is 9.38 Å². The van der Waals surface area contributed by atoms with Gasteiger partial charge in [0.2, 0.25) is 0 Å². The van der Waals surface area contributed by atoms with Crippen LogP contribution < -0.4 is 5.32 Å². The molecule has 4 rings (SSSR count). The zero-order valence-corrected chi connectivity index (χ0v) is 13.9. The molecule has 3 aromatic rings. The smallest absolute Gasteiger partial charge is 0.139 e. The first-order valence-electron chi connectivity index (χ1n) is 7.81. The average molecular weight is 356 g/mol. The second kappa shape index (κ2) is 5.76. The van der Waals surface area contributed by atoms with Crippen molar-refractivity contribution >= 4 is 27.4 Å². The van der Waals surface area contributed by atoms with Gasteiger partial charge >= 0.3 is 0 Å². The number of hydrogen-bond acceptors (Lipinski definition) is 2. The molecule has 2 heterocycles. The summed E-state index contributed by atoms with van der Waals surface area (Å²) in [4.78, 5) is 4.86. The van der Waals surface area contributed by atoms with Crippen molar-refractivity contribution in [3.05, 3.63) is 53.1 Å². The number of nitrogens with zero attached hydrogens (tertiary/aromatic N) is 2. The molecule has 112 valence electrons. The van der Waals surface area contributed by atoms with Crippen LogP contribution in [0.2, 0.25) is 0 Å². The van der Waals surface area contributed by atoms with Crippen LogP contribution in [0.5, 0.6) is 0 Å². The summed E-state index contributed by atoms with van der Waals surface area (Å²) < 4.78 is 3.24. The first kappa shape index (κ1) is 13.8. The van der Waals surface area contributed by atoms with Crippen molar-refractivity contribution in [3.8, 4) is 11.3 Å². The molecule has 2 aromatic heterocycles. The van der Waals surface area contributed by atoms with Crippen LogP contribution in [0.1, 0.15) is 25.7 Å². The second-order valence-electron chi connectivity index (χ2n) is 5.84. The normalized spacial score (nSPS) is 15.5. The van der Waals surface area contributed by atoms with E-state index in [1.54, 1.807) is 0 Å². The van der Waals surface area contributed by atoms with Crippen LogP contribution in [0.4, 0.5) is 5.82 Å². The summed E-state index contributed by atoms with van der Waals surface area (Å²) >= 11 is 3.66. The minimum absolute atomic E-state index is 0.557. The lowest BCUT2D eigenvalue weighted by Crippen LogP contribution is -2.16. The molecular formula is C18H18BrN3. The third-order valence-corrected chi connectivity index (χ3v) is 5.05. The van der Waals surface area contributed by atoms with Crippen molar-refractivity contribution in [2.24, 2.45) is 0 Å². The highest BCUT2D eigenvalue weighted by Crippen LogP contribution is 2.35. The van der Waals surface area contributed by atoms with E-state index in [4.69, 9.17) is 4.98 Å². The van der Waals surface area contributed by atoms with E-state index >= 15 is 0 Å². The second-order valence-corrected chi connectivity index (χ2v) is 6.70. The fraction of sp³-hybridized carbons (Fsp3) is 0.278. The summed E-state index contributed by atoms with van der Waals surface area (Å²) in [5.74, 6) is 1.11. The van der Waals surface area contributed by atoms with Crippen LogP contribution >= 0.6 is 15.9 Å². The molecule has 1 aromatic carbocycles. The molecule has 1 fully saturated rings. The van der Waals surface area contributed by atoms with Gasteiger partial charge in [0.1, 0.15) is 17.2 Å². The Morgan fingerprint density at radius 1 is 1.05 bits per heavy atom. The van der Waals surface area contributed by atoms with Gasteiger partial charge in [0.15, 0.2) is 0 Å². The van der Waals surface area contributed by atoms with Crippen molar-refractivity contribution in [2.45, 2.75) is 31.7 Å². The van der Waals surface area contributed by atoms with Gasteiger partial charge in [-0.3, -0.25) is 4.40 Å². The van der Waals surface area contributed by atoms with Crippen LogP contribution in [0, 0.1) is 0 Å². The van der Waals surface area contributed by atoms with Gasteiger partial charge in [-0.1, -0.05) is 53.0 Å². The minimum atomic E-state index is 0.557. The number of nitrogens with one attached hydrogen (secondary N) is 1. The Balaban J connectivity index is 1.87. The Morgan fingerprint density at radius 3 is 2.64 bits per heavy atom. The van der Waals surface area contributed by atoms with Gasteiger partial charge < -0.3 is 5.32 Å². The monoisotopic (exact) mass is 355 g/mol. The van der Waals surface area contributed by atoms with Crippen LogP contribution in [0.25, 0.3) is 16.9 Å². The zero-order valence-electron chi connectivity index (χ0n) is 12.3.